The van der Waals surface area contributed by atoms with E-state index >= 15 is 0 Å². The van der Waals surface area contributed by atoms with E-state index in [1.807, 2.05) is 32.9 Å². The van der Waals surface area contributed by atoms with Crippen LogP contribution in [0.15, 0.2) is 17.2 Å². The molecule has 0 radical (unpaired) electrons. The molecule has 0 aliphatic rings. The molecule has 0 unspecified atom stereocenters. The number of hydrogen-bond donors (Lipinski definition) is 4. The molecule has 0 aromatic heterocycles. The van der Waals surface area contributed by atoms with Gasteiger partial charge in [-0.05, 0) is 38.8 Å². The summed E-state index contributed by atoms with van der Waals surface area (Å²) in [5, 5.41) is 17.3. The van der Waals surface area contributed by atoms with E-state index in [0.29, 0.717) is 5.71 Å². The van der Waals surface area contributed by atoms with E-state index in [4.69, 9.17) is 5.11 Å². The van der Waals surface area contributed by atoms with Gasteiger partial charge in [-0.25, -0.2) is 5.43 Å². The Hall–Kier alpha value is -2.74. The van der Waals surface area contributed by atoms with E-state index in [0.717, 1.165) is 22.4 Å². The van der Waals surface area contributed by atoms with Crippen LogP contribution in [0.4, 0.5) is 5.69 Å². The van der Waals surface area contributed by atoms with E-state index in [2.05, 4.69) is 21.2 Å². The molecule has 0 bridgehead atoms. The SMILES string of the molecule is C/C(CC(=O)Nc1c(C)cc(C)cc1C)=N/NC(=O)C(=O)NCCO. The van der Waals surface area contributed by atoms with Crippen molar-refractivity contribution in [1.29, 1.82) is 0 Å². The van der Waals surface area contributed by atoms with Crippen molar-refractivity contribution in [1.82, 2.24) is 10.7 Å². The van der Waals surface area contributed by atoms with Crippen LogP contribution >= 0.6 is 0 Å². The zero-order valence-electron chi connectivity index (χ0n) is 14.9. The van der Waals surface area contributed by atoms with Gasteiger partial charge in [0, 0.05) is 17.9 Å². The number of nitrogens with one attached hydrogen (secondary N) is 3. The predicted molar refractivity (Wildman–Crippen MR) is 95.2 cm³/mol. The molecule has 0 spiro atoms. The number of hydrogen-bond acceptors (Lipinski definition) is 5. The lowest BCUT2D eigenvalue weighted by atomic mass is 10.0. The summed E-state index contributed by atoms with van der Waals surface area (Å²) < 4.78 is 0. The van der Waals surface area contributed by atoms with Gasteiger partial charge in [-0.15, -0.1) is 0 Å². The lowest BCUT2D eigenvalue weighted by Crippen LogP contribution is -2.39. The number of carbonyl (C=O) groups is 3. The molecule has 3 amide bonds. The molecule has 0 aliphatic carbocycles. The summed E-state index contributed by atoms with van der Waals surface area (Å²) in [7, 11) is 0. The van der Waals surface area contributed by atoms with Crippen LogP contribution < -0.4 is 16.1 Å². The molecule has 8 nitrogen and oxygen atoms in total. The van der Waals surface area contributed by atoms with Gasteiger partial charge in [0.1, 0.15) is 0 Å². The highest BCUT2D eigenvalue weighted by Gasteiger charge is 2.13. The molecular weight excluding hydrogens is 324 g/mol. The predicted octanol–water partition coefficient (Wildman–Crippen LogP) is 0.541. The minimum absolute atomic E-state index is 0.0212. The maximum Gasteiger partial charge on any atom is 0.329 e. The molecule has 0 saturated carbocycles. The van der Waals surface area contributed by atoms with Crippen molar-refractivity contribution in [2.75, 3.05) is 18.5 Å². The standard InChI is InChI=1S/C17H24N4O4/c1-10-7-11(2)15(12(3)8-10)19-14(23)9-13(4)20-21-17(25)16(24)18-5-6-22/h7-8,22H,5-6,9H2,1-4H3,(H,18,24)(H,19,23)(H,21,25)/b20-13-. The van der Waals surface area contributed by atoms with Crippen molar-refractivity contribution < 1.29 is 19.5 Å². The zero-order valence-corrected chi connectivity index (χ0v) is 14.9. The van der Waals surface area contributed by atoms with Crippen LogP contribution in [-0.2, 0) is 14.4 Å². The van der Waals surface area contributed by atoms with Crippen molar-refractivity contribution in [3.63, 3.8) is 0 Å². The maximum absolute atomic E-state index is 12.1. The summed E-state index contributed by atoms with van der Waals surface area (Å²) in [6.45, 7) is 7.11. The third kappa shape index (κ3) is 6.72. The molecule has 0 aliphatic heterocycles. The van der Waals surface area contributed by atoms with Crippen molar-refractivity contribution in [2.45, 2.75) is 34.1 Å². The second-order valence-electron chi connectivity index (χ2n) is 5.77. The average molecular weight is 348 g/mol. The van der Waals surface area contributed by atoms with Crippen LogP contribution in [0, 0.1) is 20.8 Å². The highest BCUT2D eigenvalue weighted by Crippen LogP contribution is 2.22. The van der Waals surface area contributed by atoms with Crippen molar-refractivity contribution in [3.8, 4) is 0 Å². The van der Waals surface area contributed by atoms with Gasteiger partial charge in [-0.1, -0.05) is 17.7 Å². The van der Waals surface area contributed by atoms with Gasteiger partial charge in [-0.3, -0.25) is 14.4 Å². The molecule has 4 N–H and O–H groups in total. The summed E-state index contributed by atoms with van der Waals surface area (Å²) in [5.41, 5.74) is 6.23. The Balaban J connectivity index is 2.59. The first-order chi connectivity index (χ1) is 11.7. The summed E-state index contributed by atoms with van der Waals surface area (Å²) in [4.78, 5) is 34.9. The monoisotopic (exact) mass is 348 g/mol. The molecule has 1 aromatic carbocycles. The normalized spacial score (nSPS) is 11.0. The topological polar surface area (TPSA) is 120 Å². The third-order valence-electron chi connectivity index (χ3n) is 3.31. The van der Waals surface area contributed by atoms with E-state index in [-0.39, 0.29) is 25.5 Å². The van der Waals surface area contributed by atoms with Gasteiger partial charge in [-0.2, -0.15) is 5.10 Å². The number of aryl methyl sites for hydroxylation is 3. The Kier molecular flexibility index (Phi) is 7.74. The van der Waals surface area contributed by atoms with Gasteiger partial charge in [0.2, 0.25) is 5.91 Å². The molecule has 136 valence electrons. The van der Waals surface area contributed by atoms with E-state index in [1.54, 1.807) is 6.92 Å². The Bertz CT molecular complexity index is 675. The third-order valence-corrected chi connectivity index (χ3v) is 3.31. The number of carbonyl (C=O) groups excluding carboxylic acids is 3. The number of aliphatic hydroxyl groups is 1. The summed E-state index contributed by atoms with van der Waals surface area (Å²) >= 11 is 0. The number of rotatable bonds is 6. The van der Waals surface area contributed by atoms with Crippen molar-refractivity contribution in [2.24, 2.45) is 5.10 Å². The molecular formula is C17H24N4O4. The molecule has 0 atom stereocenters. The lowest BCUT2D eigenvalue weighted by molar-refractivity contribution is -0.139. The minimum atomic E-state index is -0.960. The molecule has 1 rings (SSSR count). The van der Waals surface area contributed by atoms with Crippen molar-refractivity contribution in [3.05, 3.63) is 28.8 Å². The Morgan fingerprint density at radius 2 is 1.68 bits per heavy atom. The summed E-state index contributed by atoms with van der Waals surface area (Å²) in [6, 6.07) is 3.96. The highest BCUT2D eigenvalue weighted by molar-refractivity contribution is 6.35. The van der Waals surface area contributed by atoms with Gasteiger partial charge in [0.25, 0.3) is 0 Å². The van der Waals surface area contributed by atoms with Gasteiger partial charge >= 0.3 is 11.8 Å². The first-order valence-corrected chi connectivity index (χ1v) is 7.84. The fraction of sp³-hybridized carbons (Fsp3) is 0.412. The molecule has 0 saturated heterocycles. The van der Waals surface area contributed by atoms with Crippen molar-refractivity contribution >= 4 is 29.1 Å². The number of aliphatic hydroxyl groups excluding tert-OH is 1. The summed E-state index contributed by atoms with van der Waals surface area (Å²) in [6.07, 6.45) is -0.0225. The second-order valence-corrected chi connectivity index (χ2v) is 5.77. The fourth-order valence-corrected chi connectivity index (χ4v) is 2.28. The van der Waals surface area contributed by atoms with Crippen LogP contribution in [-0.4, -0.2) is 41.7 Å². The van der Waals surface area contributed by atoms with Gasteiger partial charge in [0.15, 0.2) is 0 Å². The lowest BCUT2D eigenvalue weighted by Gasteiger charge is -2.12. The van der Waals surface area contributed by atoms with Crippen LogP contribution in [0.2, 0.25) is 0 Å². The van der Waals surface area contributed by atoms with Gasteiger partial charge in [0.05, 0.1) is 13.0 Å². The van der Waals surface area contributed by atoms with Gasteiger partial charge < -0.3 is 15.7 Å². The first kappa shape index (κ1) is 20.3. The largest absolute Gasteiger partial charge is 0.395 e. The van der Waals surface area contributed by atoms with E-state index in [1.165, 1.54) is 0 Å². The molecule has 8 heteroatoms. The molecule has 25 heavy (non-hydrogen) atoms. The quantitative estimate of drug-likeness (QED) is 0.341. The number of hydrazone groups is 1. The first-order valence-electron chi connectivity index (χ1n) is 7.84. The number of anilines is 1. The average Bonchev–Trinajstić information content (AvgIpc) is 2.53. The van der Waals surface area contributed by atoms with E-state index in [9.17, 15) is 14.4 Å². The smallest absolute Gasteiger partial charge is 0.329 e. The Morgan fingerprint density at radius 1 is 1.08 bits per heavy atom. The number of benzene rings is 1. The highest BCUT2D eigenvalue weighted by atomic mass is 16.3. The summed E-state index contributed by atoms with van der Waals surface area (Å²) in [5.74, 6) is -2.13. The molecule has 0 heterocycles. The van der Waals surface area contributed by atoms with Crippen LogP contribution in [0.5, 0.6) is 0 Å². The second kappa shape index (κ2) is 9.53. The molecule has 0 fully saturated rings. The van der Waals surface area contributed by atoms with Crippen LogP contribution in [0.25, 0.3) is 0 Å². The Morgan fingerprint density at radius 3 is 2.24 bits per heavy atom. The van der Waals surface area contributed by atoms with Crippen LogP contribution in [0.3, 0.4) is 0 Å². The van der Waals surface area contributed by atoms with Crippen LogP contribution in [0.1, 0.15) is 30.0 Å². The zero-order chi connectivity index (χ0) is 19.0. The number of amides is 3. The minimum Gasteiger partial charge on any atom is -0.395 e. The Labute approximate surface area is 146 Å². The fourth-order valence-electron chi connectivity index (χ4n) is 2.28. The van der Waals surface area contributed by atoms with E-state index < -0.39 is 11.8 Å². The number of nitrogens with zero attached hydrogens (tertiary/aromatic N) is 1. The molecule has 1 aromatic rings. The maximum atomic E-state index is 12.1.